The van der Waals surface area contributed by atoms with Crippen LogP contribution in [0.4, 0.5) is 0 Å². The summed E-state index contributed by atoms with van der Waals surface area (Å²) in [4.78, 5) is 35.6. The van der Waals surface area contributed by atoms with Crippen molar-refractivity contribution in [3.05, 3.63) is 64.7 Å². The van der Waals surface area contributed by atoms with Crippen molar-refractivity contribution in [1.29, 1.82) is 0 Å². The smallest absolute Gasteiger partial charge is 0.325 e. The number of nitrogens with one attached hydrogen (secondary N) is 2. The summed E-state index contributed by atoms with van der Waals surface area (Å²) in [7, 11) is 1.55. The highest BCUT2D eigenvalue weighted by Crippen LogP contribution is 2.16. The number of hydrogen-bond acceptors (Lipinski definition) is 5. The number of rotatable bonds is 8. The van der Waals surface area contributed by atoms with Crippen LogP contribution < -0.4 is 15.4 Å². The Hall–Kier alpha value is -3.35. The van der Waals surface area contributed by atoms with Gasteiger partial charge in [-0.15, -0.1) is 0 Å². The third kappa shape index (κ3) is 6.12. The summed E-state index contributed by atoms with van der Waals surface area (Å²) in [5.41, 5.74) is 3.34. The van der Waals surface area contributed by atoms with E-state index >= 15 is 0 Å². The number of para-hydroxylation sites is 1. The van der Waals surface area contributed by atoms with E-state index in [1.807, 2.05) is 38.1 Å². The zero-order valence-corrected chi connectivity index (χ0v) is 16.2. The van der Waals surface area contributed by atoms with E-state index in [0.717, 1.165) is 16.7 Å². The van der Waals surface area contributed by atoms with Crippen molar-refractivity contribution in [3.63, 3.8) is 0 Å². The molecule has 0 unspecified atom stereocenters. The highest BCUT2D eigenvalue weighted by molar-refractivity contribution is 5.96. The molecule has 2 rings (SSSR count). The number of esters is 1. The number of aryl methyl sites for hydroxylation is 2. The second-order valence-electron chi connectivity index (χ2n) is 6.23. The van der Waals surface area contributed by atoms with Crippen molar-refractivity contribution < 1.29 is 23.9 Å². The van der Waals surface area contributed by atoms with Gasteiger partial charge in [-0.1, -0.05) is 24.3 Å². The number of ether oxygens (including phenoxy) is 2. The molecule has 0 aliphatic rings. The maximum atomic E-state index is 12.1. The van der Waals surface area contributed by atoms with Crippen molar-refractivity contribution in [1.82, 2.24) is 10.6 Å². The molecule has 0 bridgehead atoms. The van der Waals surface area contributed by atoms with Crippen molar-refractivity contribution in [2.24, 2.45) is 0 Å². The van der Waals surface area contributed by atoms with Crippen LogP contribution in [-0.4, -0.2) is 38.0 Å². The number of methoxy groups -OCH3 is 1. The summed E-state index contributed by atoms with van der Waals surface area (Å²) in [5.74, 6) is -0.848. The predicted octanol–water partition coefficient (Wildman–Crippen LogP) is 1.90. The van der Waals surface area contributed by atoms with E-state index in [1.165, 1.54) is 0 Å². The summed E-state index contributed by atoms with van der Waals surface area (Å²) in [5, 5.41) is 5.13. The topological polar surface area (TPSA) is 93.7 Å². The first kappa shape index (κ1) is 21.0. The molecule has 0 saturated heterocycles. The van der Waals surface area contributed by atoms with Gasteiger partial charge in [0.25, 0.3) is 11.8 Å². The molecule has 0 saturated carbocycles. The number of amides is 2. The largest absolute Gasteiger partial charge is 0.496 e. The lowest BCUT2D eigenvalue weighted by Crippen LogP contribution is -2.33. The molecular formula is C21H24N2O5. The van der Waals surface area contributed by atoms with Gasteiger partial charge in [-0.25, -0.2) is 0 Å². The zero-order valence-electron chi connectivity index (χ0n) is 16.2. The summed E-state index contributed by atoms with van der Waals surface area (Å²) < 4.78 is 10.1. The van der Waals surface area contributed by atoms with E-state index in [1.54, 1.807) is 25.3 Å². The van der Waals surface area contributed by atoms with Crippen LogP contribution in [0.2, 0.25) is 0 Å². The van der Waals surface area contributed by atoms with E-state index in [2.05, 4.69) is 10.6 Å². The summed E-state index contributed by atoms with van der Waals surface area (Å²) in [6.07, 6.45) is 0. The molecule has 0 radical (unpaired) electrons. The Morgan fingerprint density at radius 1 is 0.964 bits per heavy atom. The van der Waals surface area contributed by atoms with E-state index in [0.29, 0.717) is 11.3 Å². The van der Waals surface area contributed by atoms with E-state index < -0.39 is 18.5 Å². The van der Waals surface area contributed by atoms with Gasteiger partial charge < -0.3 is 20.1 Å². The number of carbonyl (C=O) groups excluding carboxylic acids is 3. The molecule has 0 fully saturated rings. The Morgan fingerprint density at radius 3 is 2.43 bits per heavy atom. The molecule has 0 aromatic heterocycles. The van der Waals surface area contributed by atoms with Crippen LogP contribution in [0.1, 0.15) is 27.0 Å². The zero-order chi connectivity index (χ0) is 20.5. The average Bonchev–Trinajstić information content (AvgIpc) is 2.71. The first-order chi connectivity index (χ1) is 13.4. The van der Waals surface area contributed by atoms with Gasteiger partial charge in [-0.2, -0.15) is 0 Å². The Labute approximate surface area is 164 Å². The summed E-state index contributed by atoms with van der Waals surface area (Å²) >= 11 is 0. The molecule has 7 heteroatoms. The van der Waals surface area contributed by atoms with Crippen LogP contribution in [0, 0.1) is 13.8 Å². The molecule has 0 spiro atoms. The van der Waals surface area contributed by atoms with Crippen molar-refractivity contribution >= 4 is 17.8 Å². The van der Waals surface area contributed by atoms with Crippen LogP contribution in [0.3, 0.4) is 0 Å². The highest BCUT2D eigenvalue weighted by atomic mass is 16.5. The third-order valence-corrected chi connectivity index (χ3v) is 4.20. The number of carbonyl (C=O) groups is 3. The molecule has 0 aliphatic heterocycles. The Morgan fingerprint density at radius 2 is 1.71 bits per heavy atom. The fourth-order valence-corrected chi connectivity index (χ4v) is 2.43. The van der Waals surface area contributed by atoms with E-state index in [4.69, 9.17) is 9.47 Å². The van der Waals surface area contributed by atoms with Gasteiger partial charge in [0.1, 0.15) is 12.3 Å². The molecule has 0 atom stereocenters. The maximum absolute atomic E-state index is 12.1. The fraction of sp³-hybridized carbons (Fsp3) is 0.286. The molecule has 0 heterocycles. The molecule has 7 nitrogen and oxygen atoms in total. The SMILES string of the molecule is COc1ccccc1CNC(=O)COC(=O)CNC(=O)c1ccc(C)c(C)c1. The number of benzene rings is 2. The molecule has 2 N–H and O–H groups in total. The van der Waals surface area contributed by atoms with Gasteiger partial charge >= 0.3 is 5.97 Å². The highest BCUT2D eigenvalue weighted by Gasteiger charge is 2.12. The molecular weight excluding hydrogens is 360 g/mol. The minimum Gasteiger partial charge on any atom is -0.496 e. The van der Waals surface area contributed by atoms with Gasteiger partial charge in [0.15, 0.2) is 6.61 Å². The molecule has 28 heavy (non-hydrogen) atoms. The van der Waals surface area contributed by atoms with E-state index in [9.17, 15) is 14.4 Å². The number of hydrogen-bond donors (Lipinski definition) is 2. The Kier molecular flexibility index (Phi) is 7.56. The molecule has 2 amide bonds. The van der Waals surface area contributed by atoms with Crippen LogP contribution in [0.5, 0.6) is 5.75 Å². The molecule has 148 valence electrons. The molecule has 2 aromatic rings. The van der Waals surface area contributed by atoms with Gasteiger partial charge in [0, 0.05) is 17.7 Å². The van der Waals surface area contributed by atoms with Crippen LogP contribution >= 0.6 is 0 Å². The third-order valence-electron chi connectivity index (χ3n) is 4.20. The minimum absolute atomic E-state index is 0.254. The van der Waals surface area contributed by atoms with Crippen LogP contribution in [0.15, 0.2) is 42.5 Å². The second kappa shape index (κ2) is 10.1. The van der Waals surface area contributed by atoms with E-state index in [-0.39, 0.29) is 19.0 Å². The quantitative estimate of drug-likeness (QED) is 0.678. The Bertz CT molecular complexity index is 864. The van der Waals surface area contributed by atoms with Gasteiger partial charge in [-0.05, 0) is 43.2 Å². The first-order valence-corrected chi connectivity index (χ1v) is 8.80. The summed E-state index contributed by atoms with van der Waals surface area (Å²) in [6.45, 7) is 3.38. The van der Waals surface area contributed by atoms with Crippen molar-refractivity contribution in [3.8, 4) is 5.75 Å². The first-order valence-electron chi connectivity index (χ1n) is 8.80. The van der Waals surface area contributed by atoms with Crippen LogP contribution in [0.25, 0.3) is 0 Å². The summed E-state index contributed by atoms with van der Waals surface area (Å²) in [6, 6.07) is 12.6. The monoisotopic (exact) mass is 384 g/mol. The van der Waals surface area contributed by atoms with Crippen molar-refractivity contribution in [2.75, 3.05) is 20.3 Å². The average molecular weight is 384 g/mol. The predicted molar refractivity (Wildman–Crippen MR) is 104 cm³/mol. The van der Waals surface area contributed by atoms with Gasteiger partial charge in [0.05, 0.1) is 7.11 Å². The molecule has 0 aliphatic carbocycles. The lowest BCUT2D eigenvalue weighted by atomic mass is 10.1. The van der Waals surface area contributed by atoms with Crippen LogP contribution in [-0.2, 0) is 20.9 Å². The molecule has 2 aromatic carbocycles. The fourth-order valence-electron chi connectivity index (χ4n) is 2.43. The Balaban J connectivity index is 1.72. The minimum atomic E-state index is -0.690. The lowest BCUT2D eigenvalue weighted by molar-refractivity contribution is -0.147. The second-order valence-corrected chi connectivity index (χ2v) is 6.23. The lowest BCUT2D eigenvalue weighted by Gasteiger charge is -2.10. The maximum Gasteiger partial charge on any atom is 0.325 e. The van der Waals surface area contributed by atoms with Gasteiger partial charge in [0.2, 0.25) is 0 Å². The van der Waals surface area contributed by atoms with Crippen molar-refractivity contribution in [2.45, 2.75) is 20.4 Å². The normalized spacial score (nSPS) is 10.1. The standard InChI is InChI=1S/C21H24N2O5/c1-14-8-9-16(10-15(14)2)21(26)23-12-20(25)28-13-19(24)22-11-17-6-4-5-7-18(17)27-3/h4-10H,11-13H2,1-3H3,(H,22,24)(H,23,26). The van der Waals surface area contributed by atoms with Gasteiger partial charge in [-0.3, -0.25) is 14.4 Å².